The summed E-state index contributed by atoms with van der Waals surface area (Å²) in [6.45, 7) is 2.03. The highest BCUT2D eigenvalue weighted by Gasteiger charge is 2.33. The maximum absolute atomic E-state index is 13.6. The molecule has 0 aliphatic rings. The predicted octanol–water partition coefficient (Wildman–Crippen LogP) is 5.06. The van der Waals surface area contributed by atoms with E-state index in [0.29, 0.717) is 16.7 Å². The minimum atomic E-state index is -4.60. The summed E-state index contributed by atoms with van der Waals surface area (Å²) in [5.74, 6) is 0.0436. The van der Waals surface area contributed by atoms with Gasteiger partial charge in [0.25, 0.3) is 11.5 Å². The number of rotatable bonds is 8. The number of halogens is 3. The van der Waals surface area contributed by atoms with Gasteiger partial charge in [-0.15, -0.1) is 0 Å². The Bertz CT molecular complexity index is 1410. The fourth-order valence-electron chi connectivity index (χ4n) is 3.99. The second kappa shape index (κ2) is 10.4. The van der Waals surface area contributed by atoms with Gasteiger partial charge in [-0.2, -0.15) is 13.2 Å². The Labute approximate surface area is 204 Å². The van der Waals surface area contributed by atoms with Crippen LogP contribution in [0.25, 0.3) is 10.9 Å². The fourth-order valence-corrected chi connectivity index (χ4v) is 3.99. The van der Waals surface area contributed by atoms with Crippen molar-refractivity contribution in [1.29, 1.82) is 0 Å². The number of fused-ring (bicyclic) bond motifs is 1. The maximum Gasteiger partial charge on any atom is 0.416 e. The van der Waals surface area contributed by atoms with Crippen LogP contribution in [0.5, 0.6) is 0 Å². The molecule has 0 saturated carbocycles. The van der Waals surface area contributed by atoms with E-state index >= 15 is 0 Å². The van der Waals surface area contributed by atoms with Gasteiger partial charge in [0.2, 0.25) is 0 Å². The molecule has 36 heavy (non-hydrogen) atoms. The molecule has 1 amide bonds. The van der Waals surface area contributed by atoms with Gasteiger partial charge in [0, 0.05) is 12.7 Å². The minimum Gasteiger partial charge on any atom is -0.467 e. The Morgan fingerprint density at radius 2 is 1.92 bits per heavy atom. The van der Waals surface area contributed by atoms with Crippen molar-refractivity contribution >= 4 is 16.8 Å². The SMILES string of the molecule is COCCn1c(C(C)N(Cc2ccco2)C(=O)c2cccc(C(F)(F)F)c2)nc2ccccc2c1=O. The molecule has 2 aromatic carbocycles. The number of methoxy groups -OCH3 is 1. The third-order valence-corrected chi connectivity index (χ3v) is 5.86. The Kier molecular flexibility index (Phi) is 7.25. The van der Waals surface area contributed by atoms with E-state index < -0.39 is 23.7 Å². The number of amides is 1. The van der Waals surface area contributed by atoms with E-state index in [-0.39, 0.29) is 36.6 Å². The molecule has 4 rings (SSSR count). The molecular formula is C26H24F3N3O4. The highest BCUT2D eigenvalue weighted by Crippen LogP contribution is 2.31. The van der Waals surface area contributed by atoms with Crippen molar-refractivity contribution in [2.24, 2.45) is 0 Å². The zero-order chi connectivity index (χ0) is 25.9. The number of carbonyl (C=O) groups is 1. The number of hydrogen-bond acceptors (Lipinski definition) is 5. The largest absolute Gasteiger partial charge is 0.467 e. The molecule has 0 N–H and O–H groups in total. The summed E-state index contributed by atoms with van der Waals surface area (Å²) in [6.07, 6.45) is -3.16. The monoisotopic (exact) mass is 499 g/mol. The molecule has 1 unspecified atom stereocenters. The van der Waals surface area contributed by atoms with Crippen LogP contribution >= 0.6 is 0 Å². The van der Waals surface area contributed by atoms with Crippen LogP contribution in [0.1, 0.15) is 40.5 Å². The van der Waals surface area contributed by atoms with Crippen molar-refractivity contribution in [1.82, 2.24) is 14.5 Å². The normalized spacial score (nSPS) is 12.6. The van der Waals surface area contributed by atoms with Crippen LogP contribution in [0.3, 0.4) is 0 Å². The van der Waals surface area contributed by atoms with Gasteiger partial charge >= 0.3 is 6.18 Å². The number of hydrogen-bond donors (Lipinski definition) is 0. The van der Waals surface area contributed by atoms with Crippen molar-refractivity contribution in [2.75, 3.05) is 13.7 Å². The first-order chi connectivity index (χ1) is 17.2. The fraction of sp³-hybridized carbons (Fsp3) is 0.269. The third kappa shape index (κ3) is 5.18. The van der Waals surface area contributed by atoms with Crippen LogP contribution in [0.2, 0.25) is 0 Å². The summed E-state index contributed by atoms with van der Waals surface area (Å²) in [4.78, 5) is 32.9. The molecule has 0 saturated heterocycles. The van der Waals surface area contributed by atoms with Crippen LogP contribution in [-0.2, 0) is 24.0 Å². The molecule has 1 atom stereocenters. The van der Waals surface area contributed by atoms with Gasteiger partial charge in [-0.05, 0) is 49.4 Å². The summed E-state index contributed by atoms with van der Waals surface area (Å²) >= 11 is 0. The molecule has 10 heteroatoms. The van der Waals surface area contributed by atoms with Crippen LogP contribution in [-0.4, -0.2) is 34.1 Å². The topological polar surface area (TPSA) is 77.6 Å². The minimum absolute atomic E-state index is 0.0454. The maximum atomic E-state index is 13.6. The molecule has 188 valence electrons. The Morgan fingerprint density at radius 3 is 2.61 bits per heavy atom. The van der Waals surface area contributed by atoms with E-state index in [2.05, 4.69) is 4.98 Å². The van der Waals surface area contributed by atoms with Crippen LogP contribution in [0.4, 0.5) is 13.2 Å². The zero-order valence-electron chi connectivity index (χ0n) is 19.7. The lowest BCUT2D eigenvalue weighted by molar-refractivity contribution is -0.137. The average molecular weight is 499 g/mol. The average Bonchev–Trinajstić information content (AvgIpc) is 3.39. The quantitative estimate of drug-likeness (QED) is 0.339. The molecule has 0 aliphatic heterocycles. The highest BCUT2D eigenvalue weighted by molar-refractivity contribution is 5.94. The Hall–Kier alpha value is -3.92. The molecule has 0 fully saturated rings. The van der Waals surface area contributed by atoms with E-state index in [1.165, 1.54) is 35.0 Å². The van der Waals surface area contributed by atoms with Gasteiger partial charge < -0.3 is 14.1 Å². The van der Waals surface area contributed by atoms with Gasteiger partial charge in [0.15, 0.2) is 0 Å². The number of aromatic nitrogens is 2. The molecule has 0 aliphatic carbocycles. The van der Waals surface area contributed by atoms with E-state index in [4.69, 9.17) is 9.15 Å². The summed E-state index contributed by atoms with van der Waals surface area (Å²) in [5.41, 5.74) is -0.930. The van der Waals surface area contributed by atoms with Gasteiger partial charge in [0.1, 0.15) is 11.6 Å². The lowest BCUT2D eigenvalue weighted by atomic mass is 10.1. The number of carbonyl (C=O) groups excluding carboxylic acids is 1. The smallest absolute Gasteiger partial charge is 0.416 e. The van der Waals surface area contributed by atoms with Crippen LogP contribution in [0, 0.1) is 0 Å². The first kappa shape index (κ1) is 25.2. The van der Waals surface area contributed by atoms with Crippen molar-refractivity contribution in [3.8, 4) is 0 Å². The number of furan rings is 1. The summed E-state index contributed by atoms with van der Waals surface area (Å²) in [7, 11) is 1.50. The second-order valence-corrected chi connectivity index (χ2v) is 8.20. The van der Waals surface area contributed by atoms with Crippen molar-refractivity contribution < 1.29 is 27.1 Å². The number of alkyl halides is 3. The molecule has 7 nitrogen and oxygen atoms in total. The van der Waals surface area contributed by atoms with Crippen molar-refractivity contribution in [2.45, 2.75) is 32.2 Å². The lowest BCUT2D eigenvalue weighted by Crippen LogP contribution is -2.38. The third-order valence-electron chi connectivity index (χ3n) is 5.86. The van der Waals surface area contributed by atoms with Crippen LogP contribution in [0.15, 0.2) is 76.1 Å². The van der Waals surface area contributed by atoms with E-state index in [9.17, 15) is 22.8 Å². The summed E-state index contributed by atoms with van der Waals surface area (Å²) < 4.78 is 52.0. The lowest BCUT2D eigenvalue weighted by Gasteiger charge is -2.30. The number of nitrogens with zero attached hydrogens (tertiary/aromatic N) is 3. The molecule has 0 spiro atoms. The highest BCUT2D eigenvalue weighted by atomic mass is 19.4. The van der Waals surface area contributed by atoms with E-state index in [0.717, 1.165) is 12.1 Å². The summed E-state index contributed by atoms with van der Waals surface area (Å²) in [6, 6.07) is 13.6. The van der Waals surface area contributed by atoms with Crippen molar-refractivity contribution in [3.05, 3.63) is 100.0 Å². The van der Waals surface area contributed by atoms with Gasteiger partial charge in [-0.1, -0.05) is 18.2 Å². The number of para-hydroxylation sites is 1. The van der Waals surface area contributed by atoms with Gasteiger partial charge in [-0.3, -0.25) is 14.2 Å². The first-order valence-electron chi connectivity index (χ1n) is 11.2. The number of benzene rings is 2. The Balaban J connectivity index is 1.83. The molecule has 2 heterocycles. The van der Waals surface area contributed by atoms with E-state index in [1.54, 1.807) is 43.3 Å². The zero-order valence-corrected chi connectivity index (χ0v) is 19.7. The van der Waals surface area contributed by atoms with Crippen LogP contribution < -0.4 is 5.56 Å². The molecule has 4 aromatic rings. The van der Waals surface area contributed by atoms with Gasteiger partial charge in [-0.25, -0.2) is 4.98 Å². The molecule has 0 radical (unpaired) electrons. The van der Waals surface area contributed by atoms with Gasteiger partial charge in [0.05, 0.1) is 48.5 Å². The number of ether oxygens (including phenoxy) is 1. The van der Waals surface area contributed by atoms with E-state index in [1.807, 2.05) is 0 Å². The second-order valence-electron chi connectivity index (χ2n) is 8.20. The standard InChI is InChI=1S/C26H24F3N3O4/c1-17(23-30-22-11-4-3-10-21(22)25(34)31(23)12-14-35-2)32(16-20-9-6-13-36-20)24(33)18-7-5-8-19(15-18)26(27,28)29/h3-11,13,15,17H,12,14,16H2,1-2H3. The molecule has 0 bridgehead atoms. The predicted molar refractivity (Wildman–Crippen MR) is 126 cm³/mol. The molecular weight excluding hydrogens is 475 g/mol. The van der Waals surface area contributed by atoms with Crippen molar-refractivity contribution in [3.63, 3.8) is 0 Å². The molecule has 2 aromatic heterocycles. The first-order valence-corrected chi connectivity index (χ1v) is 11.2. The summed E-state index contributed by atoms with van der Waals surface area (Å²) in [5, 5.41) is 0.409. The Morgan fingerprint density at radius 1 is 1.14 bits per heavy atom.